The normalized spacial score (nSPS) is 24.4. The monoisotopic (exact) mass is 274 g/mol. The number of aromatic nitrogens is 2. The lowest BCUT2D eigenvalue weighted by Crippen LogP contribution is -2.33. The number of nitrogens with zero attached hydrogens (tertiary/aromatic N) is 3. The number of anilines is 1. The lowest BCUT2D eigenvalue weighted by Gasteiger charge is -2.23. The van der Waals surface area contributed by atoms with E-state index in [-0.39, 0.29) is 0 Å². The van der Waals surface area contributed by atoms with Crippen molar-refractivity contribution in [3.63, 3.8) is 0 Å². The highest BCUT2D eigenvalue weighted by Gasteiger charge is 2.29. The first-order chi connectivity index (χ1) is 9.74. The Kier molecular flexibility index (Phi) is 4.20. The minimum absolute atomic E-state index is 0.551. The third kappa shape index (κ3) is 3.11. The largest absolute Gasteiger partial charge is 0.366 e. The van der Waals surface area contributed by atoms with Gasteiger partial charge in [0.15, 0.2) is 0 Å². The van der Waals surface area contributed by atoms with Crippen molar-refractivity contribution in [1.29, 1.82) is 0 Å². The van der Waals surface area contributed by atoms with Crippen LogP contribution in [0.15, 0.2) is 6.07 Å². The number of rotatable bonds is 4. The standard InChI is InChI=1S/C16H26N4/c1-3-13-10-16(18-12(2)17-13)19-14-8-9-20(11-14)15-6-4-5-7-15/h10,14-15H,3-9,11H2,1-2H3,(H,17,18,19). The fourth-order valence-corrected chi connectivity index (χ4v) is 3.60. The zero-order valence-electron chi connectivity index (χ0n) is 12.7. The summed E-state index contributed by atoms with van der Waals surface area (Å²) < 4.78 is 0. The Bertz CT molecular complexity index is 454. The lowest BCUT2D eigenvalue weighted by atomic mass is 10.2. The Balaban J connectivity index is 1.60. The molecule has 110 valence electrons. The van der Waals surface area contributed by atoms with Crippen LogP contribution >= 0.6 is 0 Å². The molecule has 4 nitrogen and oxygen atoms in total. The van der Waals surface area contributed by atoms with E-state index in [4.69, 9.17) is 0 Å². The summed E-state index contributed by atoms with van der Waals surface area (Å²) in [7, 11) is 0. The van der Waals surface area contributed by atoms with Gasteiger partial charge in [-0.05, 0) is 32.6 Å². The Morgan fingerprint density at radius 2 is 2.05 bits per heavy atom. The average Bonchev–Trinajstić information content (AvgIpc) is 3.08. The number of hydrogen-bond acceptors (Lipinski definition) is 4. The van der Waals surface area contributed by atoms with Crippen LogP contribution in [-0.2, 0) is 6.42 Å². The van der Waals surface area contributed by atoms with Gasteiger partial charge in [0.05, 0.1) is 0 Å². The Labute approximate surface area is 122 Å². The van der Waals surface area contributed by atoms with Crippen molar-refractivity contribution in [2.75, 3.05) is 18.4 Å². The van der Waals surface area contributed by atoms with Crippen molar-refractivity contribution in [2.45, 2.75) is 64.5 Å². The van der Waals surface area contributed by atoms with Crippen LogP contribution in [0.25, 0.3) is 0 Å². The van der Waals surface area contributed by atoms with Crippen LogP contribution in [-0.4, -0.2) is 40.0 Å². The molecule has 0 spiro atoms. The van der Waals surface area contributed by atoms with Crippen LogP contribution in [0.5, 0.6) is 0 Å². The van der Waals surface area contributed by atoms with Crippen LogP contribution in [0.4, 0.5) is 5.82 Å². The Morgan fingerprint density at radius 3 is 2.80 bits per heavy atom. The van der Waals surface area contributed by atoms with Crippen molar-refractivity contribution in [2.24, 2.45) is 0 Å². The number of likely N-dealkylation sites (tertiary alicyclic amines) is 1. The van der Waals surface area contributed by atoms with Gasteiger partial charge < -0.3 is 5.32 Å². The first-order valence-electron chi connectivity index (χ1n) is 8.09. The van der Waals surface area contributed by atoms with Gasteiger partial charge in [0.25, 0.3) is 0 Å². The number of aryl methyl sites for hydroxylation is 2. The van der Waals surface area contributed by atoms with Gasteiger partial charge >= 0.3 is 0 Å². The molecule has 1 aliphatic carbocycles. The maximum absolute atomic E-state index is 4.53. The van der Waals surface area contributed by atoms with Crippen molar-refractivity contribution in [1.82, 2.24) is 14.9 Å². The van der Waals surface area contributed by atoms with Crippen LogP contribution in [0.1, 0.15) is 50.5 Å². The number of nitrogens with one attached hydrogen (secondary N) is 1. The Hall–Kier alpha value is -1.16. The summed E-state index contributed by atoms with van der Waals surface area (Å²) in [4.78, 5) is 11.7. The fourth-order valence-electron chi connectivity index (χ4n) is 3.60. The van der Waals surface area contributed by atoms with Crippen LogP contribution in [0.3, 0.4) is 0 Å². The molecule has 1 aromatic rings. The molecule has 1 saturated carbocycles. The van der Waals surface area contributed by atoms with Gasteiger partial charge in [0.1, 0.15) is 11.6 Å². The van der Waals surface area contributed by atoms with Crippen molar-refractivity contribution >= 4 is 5.82 Å². The van der Waals surface area contributed by atoms with Crippen molar-refractivity contribution in [3.8, 4) is 0 Å². The highest BCUT2D eigenvalue weighted by atomic mass is 15.2. The van der Waals surface area contributed by atoms with Crippen LogP contribution in [0.2, 0.25) is 0 Å². The topological polar surface area (TPSA) is 41.0 Å². The van der Waals surface area contributed by atoms with Gasteiger partial charge in [-0.3, -0.25) is 4.90 Å². The molecule has 1 aromatic heterocycles. The van der Waals surface area contributed by atoms with Crippen molar-refractivity contribution in [3.05, 3.63) is 17.6 Å². The van der Waals surface area contributed by atoms with Crippen LogP contribution < -0.4 is 5.32 Å². The first kappa shape index (κ1) is 13.8. The average molecular weight is 274 g/mol. The summed E-state index contributed by atoms with van der Waals surface area (Å²) in [5, 5.41) is 3.62. The first-order valence-corrected chi connectivity index (χ1v) is 8.09. The molecule has 2 fully saturated rings. The molecule has 1 aliphatic heterocycles. The predicted molar refractivity (Wildman–Crippen MR) is 82.0 cm³/mol. The van der Waals surface area contributed by atoms with E-state index in [2.05, 4.69) is 33.2 Å². The highest BCUT2D eigenvalue weighted by Crippen LogP contribution is 2.27. The highest BCUT2D eigenvalue weighted by molar-refractivity contribution is 5.37. The van der Waals surface area contributed by atoms with Gasteiger partial charge in [0.2, 0.25) is 0 Å². The molecule has 0 aromatic carbocycles. The Morgan fingerprint density at radius 1 is 1.25 bits per heavy atom. The molecular formula is C16H26N4. The van der Waals surface area contributed by atoms with E-state index in [0.717, 1.165) is 29.8 Å². The maximum atomic E-state index is 4.53. The number of hydrogen-bond donors (Lipinski definition) is 1. The zero-order valence-corrected chi connectivity index (χ0v) is 12.7. The van der Waals surface area contributed by atoms with E-state index < -0.39 is 0 Å². The molecule has 2 heterocycles. The van der Waals surface area contributed by atoms with Gasteiger partial charge in [0, 0.05) is 36.9 Å². The van der Waals surface area contributed by atoms with Crippen molar-refractivity contribution < 1.29 is 0 Å². The lowest BCUT2D eigenvalue weighted by molar-refractivity contribution is 0.245. The summed E-state index contributed by atoms with van der Waals surface area (Å²) in [5.41, 5.74) is 1.13. The molecule has 0 bridgehead atoms. The van der Waals surface area contributed by atoms with Gasteiger partial charge in [-0.1, -0.05) is 19.8 Å². The fraction of sp³-hybridized carbons (Fsp3) is 0.750. The minimum Gasteiger partial charge on any atom is -0.366 e. The van der Waals surface area contributed by atoms with E-state index >= 15 is 0 Å². The summed E-state index contributed by atoms with van der Waals surface area (Å²) in [5.74, 6) is 1.88. The second-order valence-electron chi connectivity index (χ2n) is 6.21. The summed E-state index contributed by atoms with van der Waals surface area (Å²) in [6.07, 6.45) is 7.85. The van der Waals surface area contributed by atoms with E-state index in [0.29, 0.717) is 6.04 Å². The molecule has 3 rings (SSSR count). The molecule has 1 N–H and O–H groups in total. The van der Waals surface area contributed by atoms with Gasteiger partial charge in [-0.2, -0.15) is 0 Å². The smallest absolute Gasteiger partial charge is 0.130 e. The van der Waals surface area contributed by atoms with E-state index in [1.54, 1.807) is 0 Å². The quantitative estimate of drug-likeness (QED) is 0.916. The molecule has 0 radical (unpaired) electrons. The minimum atomic E-state index is 0.551. The SMILES string of the molecule is CCc1cc(NC2CCN(C3CCCC3)C2)nc(C)n1. The van der Waals surface area contributed by atoms with E-state index in [1.807, 2.05) is 6.92 Å². The van der Waals surface area contributed by atoms with E-state index in [1.165, 1.54) is 45.2 Å². The third-order valence-corrected chi connectivity index (χ3v) is 4.67. The summed E-state index contributed by atoms with van der Waals surface area (Å²) in [6.45, 7) is 6.54. The summed E-state index contributed by atoms with van der Waals surface area (Å²) >= 11 is 0. The molecule has 1 saturated heterocycles. The van der Waals surface area contributed by atoms with E-state index in [9.17, 15) is 0 Å². The molecule has 20 heavy (non-hydrogen) atoms. The molecule has 4 heteroatoms. The molecule has 2 aliphatic rings. The summed E-state index contributed by atoms with van der Waals surface area (Å²) in [6, 6.07) is 3.50. The molecule has 1 atom stereocenters. The maximum Gasteiger partial charge on any atom is 0.130 e. The third-order valence-electron chi connectivity index (χ3n) is 4.67. The zero-order chi connectivity index (χ0) is 13.9. The molecular weight excluding hydrogens is 248 g/mol. The van der Waals surface area contributed by atoms with Gasteiger partial charge in [-0.25, -0.2) is 9.97 Å². The van der Waals surface area contributed by atoms with Crippen LogP contribution in [0, 0.1) is 6.92 Å². The molecule has 1 unspecified atom stereocenters. The predicted octanol–water partition coefficient (Wildman–Crippen LogP) is 2.78. The second-order valence-corrected chi connectivity index (χ2v) is 6.21. The second kappa shape index (κ2) is 6.08. The molecule has 0 amide bonds. The van der Waals surface area contributed by atoms with Gasteiger partial charge in [-0.15, -0.1) is 0 Å².